The summed E-state index contributed by atoms with van der Waals surface area (Å²) in [5.41, 5.74) is 1.73. The second kappa shape index (κ2) is 8.38. The van der Waals surface area contributed by atoms with E-state index in [0.29, 0.717) is 12.1 Å². The van der Waals surface area contributed by atoms with Crippen LogP contribution < -0.4 is 5.32 Å². The number of thiazole rings is 1. The minimum absolute atomic E-state index is 0.00747. The molecule has 0 bridgehead atoms. The molecule has 1 aliphatic heterocycles. The zero-order chi connectivity index (χ0) is 22.2. The van der Waals surface area contributed by atoms with Gasteiger partial charge < -0.3 is 10.2 Å². The number of halogens is 1. The Hall–Kier alpha value is -2.80. The maximum atomic E-state index is 13.8. The van der Waals surface area contributed by atoms with Crippen LogP contribution >= 0.6 is 11.3 Å². The maximum absolute atomic E-state index is 13.8. The van der Waals surface area contributed by atoms with Gasteiger partial charge in [0.1, 0.15) is 11.6 Å². The van der Waals surface area contributed by atoms with Gasteiger partial charge in [0, 0.05) is 11.4 Å². The van der Waals surface area contributed by atoms with Crippen molar-refractivity contribution >= 4 is 28.2 Å². The van der Waals surface area contributed by atoms with Crippen molar-refractivity contribution in [2.45, 2.75) is 52.0 Å². The van der Waals surface area contributed by atoms with Crippen LogP contribution in [0.1, 0.15) is 54.6 Å². The van der Waals surface area contributed by atoms with E-state index in [1.807, 2.05) is 56.9 Å². The van der Waals surface area contributed by atoms with E-state index in [0.717, 1.165) is 35.2 Å². The summed E-state index contributed by atoms with van der Waals surface area (Å²) >= 11 is 1.60. The summed E-state index contributed by atoms with van der Waals surface area (Å²) in [6.07, 6.45) is 1.77. The fraction of sp³-hybridized carbons (Fsp3) is 0.375. The molecule has 31 heavy (non-hydrogen) atoms. The summed E-state index contributed by atoms with van der Waals surface area (Å²) in [5, 5.41) is 4.10. The Labute approximate surface area is 186 Å². The topological polar surface area (TPSA) is 58.1 Å². The number of hydrogen-bond donors (Lipinski definition) is 1. The number of carbonyl (C=O) groups is 1. The first-order valence-electron chi connectivity index (χ1n) is 10.5. The molecule has 4 rings (SSSR count). The average Bonchev–Trinajstić information content (AvgIpc) is 3.34. The van der Waals surface area contributed by atoms with Gasteiger partial charge >= 0.3 is 0 Å². The van der Waals surface area contributed by atoms with Crippen LogP contribution in [0.4, 0.5) is 15.3 Å². The fourth-order valence-electron chi connectivity index (χ4n) is 4.02. The molecule has 2 aromatic heterocycles. The number of carbonyl (C=O) groups excluding carboxylic acids is 1. The molecule has 3 heterocycles. The van der Waals surface area contributed by atoms with Gasteiger partial charge in [0.05, 0.1) is 22.8 Å². The fourth-order valence-corrected chi connectivity index (χ4v) is 4.84. The van der Waals surface area contributed by atoms with Crippen LogP contribution in [0.15, 0.2) is 42.5 Å². The van der Waals surface area contributed by atoms with Gasteiger partial charge in [-0.05, 0) is 70.4 Å². The number of anilines is 2. The normalized spacial score (nSPS) is 16.5. The van der Waals surface area contributed by atoms with Crippen molar-refractivity contribution in [1.29, 1.82) is 0 Å². The lowest BCUT2D eigenvalue weighted by Crippen LogP contribution is -2.43. The Bertz CT molecular complexity index is 1090. The number of benzene rings is 1. The second-order valence-corrected chi connectivity index (χ2v) is 9.73. The number of nitrogens with one attached hydrogen (secondary N) is 1. The summed E-state index contributed by atoms with van der Waals surface area (Å²) in [6, 6.07) is 12.0. The summed E-state index contributed by atoms with van der Waals surface area (Å²) in [4.78, 5) is 25.9. The number of likely N-dealkylation sites (tertiary alicyclic amines) is 1. The molecule has 0 unspecified atom stereocenters. The van der Waals surface area contributed by atoms with Crippen molar-refractivity contribution in [3.8, 4) is 0 Å². The van der Waals surface area contributed by atoms with E-state index in [1.165, 1.54) is 17.0 Å². The lowest BCUT2D eigenvalue weighted by atomic mass is 9.83. The molecule has 0 aliphatic carbocycles. The monoisotopic (exact) mass is 438 g/mol. The van der Waals surface area contributed by atoms with Gasteiger partial charge in [-0.2, -0.15) is 0 Å². The Morgan fingerprint density at radius 2 is 1.97 bits per heavy atom. The maximum Gasteiger partial charge on any atom is 0.233 e. The van der Waals surface area contributed by atoms with Crippen molar-refractivity contribution < 1.29 is 9.18 Å². The van der Waals surface area contributed by atoms with Crippen LogP contribution in [-0.2, 0) is 10.2 Å². The van der Waals surface area contributed by atoms with Crippen LogP contribution in [0.3, 0.4) is 0 Å². The van der Waals surface area contributed by atoms with Crippen molar-refractivity contribution in [2.24, 2.45) is 0 Å². The standard InChI is InChI=1S/C24H27FN4OS/c1-15-16(2)31-23(26-15)28-21-12-6-10-19(27-21)20-11-7-13-29(20)22(30)24(3,4)17-8-5-9-18(25)14-17/h5-6,8-10,12,14,20H,7,11,13H2,1-4H3,(H,26,27,28)/t20-/m1/s1. The molecule has 5 nitrogen and oxygen atoms in total. The number of pyridine rings is 1. The zero-order valence-corrected chi connectivity index (χ0v) is 19.1. The van der Waals surface area contributed by atoms with Crippen LogP contribution in [-0.4, -0.2) is 27.3 Å². The Balaban J connectivity index is 1.57. The molecule has 1 saturated heterocycles. The van der Waals surface area contributed by atoms with Crippen LogP contribution in [0.25, 0.3) is 0 Å². The third-order valence-electron chi connectivity index (χ3n) is 5.97. The van der Waals surface area contributed by atoms with Crippen molar-refractivity contribution in [3.05, 3.63) is 70.1 Å². The van der Waals surface area contributed by atoms with Gasteiger partial charge in [-0.3, -0.25) is 4.79 Å². The predicted molar refractivity (Wildman–Crippen MR) is 122 cm³/mol. The van der Waals surface area contributed by atoms with E-state index < -0.39 is 5.41 Å². The molecular weight excluding hydrogens is 411 g/mol. The zero-order valence-electron chi connectivity index (χ0n) is 18.3. The van der Waals surface area contributed by atoms with E-state index in [1.54, 1.807) is 17.4 Å². The highest BCUT2D eigenvalue weighted by Gasteiger charge is 2.40. The smallest absolute Gasteiger partial charge is 0.233 e. The minimum Gasteiger partial charge on any atom is -0.333 e. The third kappa shape index (κ3) is 4.32. The number of rotatable bonds is 5. The molecule has 1 aromatic carbocycles. The van der Waals surface area contributed by atoms with E-state index in [-0.39, 0.29) is 17.8 Å². The predicted octanol–water partition coefficient (Wildman–Crippen LogP) is 5.68. The van der Waals surface area contributed by atoms with Crippen LogP contribution in [0.5, 0.6) is 0 Å². The highest BCUT2D eigenvalue weighted by molar-refractivity contribution is 7.15. The van der Waals surface area contributed by atoms with E-state index in [2.05, 4.69) is 10.3 Å². The Kier molecular flexibility index (Phi) is 5.79. The number of aryl methyl sites for hydroxylation is 2. The molecule has 162 valence electrons. The lowest BCUT2D eigenvalue weighted by Gasteiger charge is -2.33. The molecular formula is C24H27FN4OS. The van der Waals surface area contributed by atoms with Gasteiger partial charge in [0.15, 0.2) is 5.13 Å². The summed E-state index contributed by atoms with van der Waals surface area (Å²) in [7, 11) is 0. The molecule has 0 spiro atoms. The molecule has 1 fully saturated rings. The number of aromatic nitrogens is 2. The number of hydrogen-bond acceptors (Lipinski definition) is 5. The molecule has 1 amide bonds. The van der Waals surface area contributed by atoms with E-state index in [9.17, 15) is 9.18 Å². The van der Waals surface area contributed by atoms with Gasteiger partial charge in [-0.25, -0.2) is 14.4 Å². The van der Waals surface area contributed by atoms with Gasteiger partial charge in [0.25, 0.3) is 0 Å². The Morgan fingerprint density at radius 3 is 2.68 bits per heavy atom. The molecule has 3 aromatic rings. The highest BCUT2D eigenvalue weighted by Crippen LogP contribution is 2.37. The molecule has 7 heteroatoms. The summed E-state index contributed by atoms with van der Waals surface area (Å²) in [6.45, 7) is 8.43. The van der Waals surface area contributed by atoms with Gasteiger partial charge in [-0.1, -0.05) is 18.2 Å². The first kappa shape index (κ1) is 21.4. The first-order chi connectivity index (χ1) is 14.8. The molecule has 0 saturated carbocycles. The largest absolute Gasteiger partial charge is 0.333 e. The lowest BCUT2D eigenvalue weighted by molar-refractivity contribution is -0.137. The summed E-state index contributed by atoms with van der Waals surface area (Å²) < 4.78 is 13.8. The van der Waals surface area contributed by atoms with Crippen molar-refractivity contribution in [1.82, 2.24) is 14.9 Å². The molecule has 1 N–H and O–H groups in total. The minimum atomic E-state index is -0.823. The highest BCUT2D eigenvalue weighted by atomic mass is 32.1. The number of nitrogens with zero attached hydrogens (tertiary/aromatic N) is 3. The van der Waals surface area contributed by atoms with Crippen LogP contribution in [0, 0.1) is 19.7 Å². The van der Waals surface area contributed by atoms with E-state index in [4.69, 9.17) is 4.98 Å². The first-order valence-corrected chi connectivity index (χ1v) is 11.3. The SMILES string of the molecule is Cc1nc(Nc2cccc([C@H]3CCCN3C(=O)C(C)(C)c3cccc(F)c3)n2)sc1C. The van der Waals surface area contributed by atoms with Crippen molar-refractivity contribution in [3.63, 3.8) is 0 Å². The second-order valence-electron chi connectivity index (χ2n) is 8.53. The van der Waals surface area contributed by atoms with Gasteiger partial charge in [0.2, 0.25) is 5.91 Å². The summed E-state index contributed by atoms with van der Waals surface area (Å²) in [5.74, 6) is 0.381. The number of amides is 1. The molecule has 1 aliphatic rings. The van der Waals surface area contributed by atoms with E-state index >= 15 is 0 Å². The molecule has 0 radical (unpaired) electrons. The van der Waals surface area contributed by atoms with Gasteiger partial charge in [-0.15, -0.1) is 11.3 Å². The molecule has 1 atom stereocenters. The van der Waals surface area contributed by atoms with Crippen molar-refractivity contribution in [2.75, 3.05) is 11.9 Å². The van der Waals surface area contributed by atoms with Crippen LogP contribution in [0.2, 0.25) is 0 Å². The average molecular weight is 439 g/mol. The Morgan fingerprint density at radius 1 is 1.19 bits per heavy atom. The quantitative estimate of drug-likeness (QED) is 0.557. The third-order valence-corrected chi connectivity index (χ3v) is 6.96.